The van der Waals surface area contributed by atoms with Crippen molar-refractivity contribution in [3.8, 4) is 11.1 Å². The van der Waals surface area contributed by atoms with Gasteiger partial charge in [0.05, 0.1) is 5.69 Å². The molecule has 116 valence electrons. The number of aryl methyl sites for hydroxylation is 1. The van der Waals surface area contributed by atoms with E-state index in [4.69, 9.17) is 14.2 Å². The van der Waals surface area contributed by atoms with Crippen LogP contribution in [-0.4, -0.2) is 30.8 Å². The SMILES string of the molecule is CCc1nocc1-c1ccc(C(=NOC)C(C)=NOC)cc1. The van der Waals surface area contributed by atoms with Crippen LogP contribution in [0.4, 0.5) is 0 Å². The number of benzene rings is 1. The predicted octanol–water partition coefficient (Wildman–Crippen LogP) is 3.28. The van der Waals surface area contributed by atoms with Crippen molar-refractivity contribution in [2.45, 2.75) is 20.3 Å². The van der Waals surface area contributed by atoms with Gasteiger partial charge in [-0.1, -0.05) is 46.7 Å². The summed E-state index contributed by atoms with van der Waals surface area (Å²) in [5.41, 5.74) is 5.13. The number of aromatic nitrogens is 1. The molecule has 0 bridgehead atoms. The monoisotopic (exact) mass is 301 g/mol. The third-order valence-corrected chi connectivity index (χ3v) is 3.20. The molecule has 6 nitrogen and oxygen atoms in total. The minimum Gasteiger partial charge on any atom is -0.399 e. The molecule has 0 atom stereocenters. The Morgan fingerprint density at radius 2 is 1.82 bits per heavy atom. The van der Waals surface area contributed by atoms with Crippen molar-refractivity contribution >= 4 is 11.4 Å². The summed E-state index contributed by atoms with van der Waals surface area (Å²) in [6.45, 7) is 3.86. The molecule has 1 aromatic heterocycles. The van der Waals surface area contributed by atoms with Crippen LogP contribution >= 0.6 is 0 Å². The number of oxime groups is 2. The van der Waals surface area contributed by atoms with Crippen LogP contribution in [0.2, 0.25) is 0 Å². The van der Waals surface area contributed by atoms with Crippen LogP contribution in [0.3, 0.4) is 0 Å². The summed E-state index contributed by atoms with van der Waals surface area (Å²) in [4.78, 5) is 9.69. The second-order valence-electron chi connectivity index (χ2n) is 4.59. The lowest BCUT2D eigenvalue weighted by Gasteiger charge is -2.06. The molecule has 0 radical (unpaired) electrons. The fraction of sp³-hybridized carbons (Fsp3) is 0.312. The van der Waals surface area contributed by atoms with Gasteiger partial charge < -0.3 is 14.2 Å². The van der Waals surface area contributed by atoms with Crippen LogP contribution in [0.5, 0.6) is 0 Å². The maximum atomic E-state index is 5.05. The maximum absolute atomic E-state index is 5.05. The second-order valence-corrected chi connectivity index (χ2v) is 4.59. The van der Waals surface area contributed by atoms with E-state index >= 15 is 0 Å². The minimum absolute atomic E-state index is 0.622. The van der Waals surface area contributed by atoms with Gasteiger partial charge in [-0.25, -0.2) is 0 Å². The van der Waals surface area contributed by atoms with E-state index < -0.39 is 0 Å². The van der Waals surface area contributed by atoms with Gasteiger partial charge in [0.2, 0.25) is 0 Å². The minimum atomic E-state index is 0.622. The van der Waals surface area contributed by atoms with E-state index in [0.29, 0.717) is 11.4 Å². The zero-order valence-electron chi connectivity index (χ0n) is 13.2. The van der Waals surface area contributed by atoms with Crippen molar-refractivity contribution in [3.05, 3.63) is 41.8 Å². The first-order valence-corrected chi connectivity index (χ1v) is 6.94. The van der Waals surface area contributed by atoms with Gasteiger partial charge in [0.1, 0.15) is 31.9 Å². The second kappa shape index (κ2) is 7.40. The van der Waals surface area contributed by atoms with Gasteiger partial charge in [-0.05, 0) is 18.9 Å². The summed E-state index contributed by atoms with van der Waals surface area (Å²) in [7, 11) is 2.99. The molecule has 2 aromatic rings. The molecule has 6 heteroatoms. The molecule has 0 unspecified atom stereocenters. The average molecular weight is 301 g/mol. The van der Waals surface area contributed by atoms with E-state index in [1.54, 1.807) is 6.26 Å². The summed E-state index contributed by atoms with van der Waals surface area (Å²) in [5, 5.41) is 11.9. The fourth-order valence-electron chi connectivity index (χ4n) is 2.16. The molecule has 1 aromatic carbocycles. The highest BCUT2D eigenvalue weighted by Crippen LogP contribution is 2.24. The normalized spacial score (nSPS) is 12.4. The number of nitrogens with zero attached hydrogens (tertiary/aromatic N) is 3. The zero-order valence-corrected chi connectivity index (χ0v) is 13.2. The Hall–Kier alpha value is -2.63. The first-order chi connectivity index (χ1) is 10.7. The Morgan fingerprint density at radius 1 is 1.14 bits per heavy atom. The fourth-order valence-corrected chi connectivity index (χ4v) is 2.16. The molecule has 0 spiro atoms. The molecule has 0 aliphatic heterocycles. The molecule has 2 rings (SSSR count). The number of hydrogen-bond donors (Lipinski definition) is 0. The first kappa shape index (κ1) is 15.8. The van der Waals surface area contributed by atoms with E-state index in [9.17, 15) is 0 Å². The number of rotatable bonds is 6. The van der Waals surface area contributed by atoms with Crippen LogP contribution in [0, 0.1) is 0 Å². The summed E-state index contributed by atoms with van der Waals surface area (Å²) in [6, 6.07) is 7.89. The lowest BCUT2D eigenvalue weighted by Crippen LogP contribution is -2.13. The van der Waals surface area contributed by atoms with Crippen molar-refractivity contribution < 1.29 is 14.2 Å². The Kier molecular flexibility index (Phi) is 5.30. The van der Waals surface area contributed by atoms with Crippen LogP contribution in [-0.2, 0) is 16.1 Å². The molecular weight excluding hydrogens is 282 g/mol. The van der Waals surface area contributed by atoms with Gasteiger partial charge in [-0.3, -0.25) is 0 Å². The summed E-state index contributed by atoms with van der Waals surface area (Å²) in [5.74, 6) is 0. The molecule has 0 saturated carbocycles. The quantitative estimate of drug-likeness (QED) is 0.606. The molecule has 0 N–H and O–H groups in total. The molecule has 0 fully saturated rings. The van der Waals surface area contributed by atoms with Crippen LogP contribution in [0.1, 0.15) is 25.1 Å². The Morgan fingerprint density at radius 3 is 2.41 bits per heavy atom. The van der Waals surface area contributed by atoms with E-state index in [1.807, 2.05) is 38.1 Å². The smallest absolute Gasteiger partial charge is 0.134 e. The topological polar surface area (TPSA) is 69.2 Å². The van der Waals surface area contributed by atoms with Crippen molar-refractivity contribution in [2.75, 3.05) is 14.2 Å². The molecule has 0 aliphatic carbocycles. The largest absolute Gasteiger partial charge is 0.399 e. The average Bonchev–Trinajstić information content (AvgIpc) is 3.01. The van der Waals surface area contributed by atoms with Crippen LogP contribution in [0.25, 0.3) is 11.1 Å². The Labute approximate surface area is 129 Å². The van der Waals surface area contributed by atoms with Crippen molar-refractivity contribution in [1.29, 1.82) is 0 Å². The predicted molar refractivity (Wildman–Crippen MR) is 85.0 cm³/mol. The van der Waals surface area contributed by atoms with Gasteiger partial charge in [-0.15, -0.1) is 0 Å². The van der Waals surface area contributed by atoms with Gasteiger partial charge >= 0.3 is 0 Å². The molecular formula is C16H19N3O3. The zero-order chi connectivity index (χ0) is 15.9. The summed E-state index contributed by atoms with van der Waals surface area (Å²) in [6.07, 6.45) is 2.49. The van der Waals surface area contributed by atoms with Crippen molar-refractivity contribution in [2.24, 2.45) is 10.3 Å². The third-order valence-electron chi connectivity index (χ3n) is 3.20. The summed E-state index contributed by atoms with van der Waals surface area (Å²) >= 11 is 0. The van der Waals surface area contributed by atoms with Gasteiger partial charge in [0.25, 0.3) is 0 Å². The molecule has 1 heterocycles. The van der Waals surface area contributed by atoms with E-state index in [2.05, 4.69) is 15.5 Å². The van der Waals surface area contributed by atoms with Crippen LogP contribution in [0.15, 0.2) is 45.4 Å². The standard InChI is InChI=1S/C16H19N3O3/c1-5-15-14(10-22-18-15)12-6-8-13(9-7-12)16(19-21-4)11(2)17-20-3/h6-10H,5H2,1-4H3. The van der Waals surface area contributed by atoms with Crippen LogP contribution < -0.4 is 0 Å². The molecule has 0 aliphatic rings. The lowest BCUT2D eigenvalue weighted by atomic mass is 10.0. The highest BCUT2D eigenvalue weighted by atomic mass is 16.6. The Balaban J connectivity index is 2.35. The number of hydrogen-bond acceptors (Lipinski definition) is 6. The van der Waals surface area contributed by atoms with E-state index in [1.165, 1.54) is 14.2 Å². The molecule has 22 heavy (non-hydrogen) atoms. The Bertz CT molecular complexity index is 672. The van der Waals surface area contributed by atoms with Gasteiger partial charge in [0, 0.05) is 11.1 Å². The van der Waals surface area contributed by atoms with E-state index in [0.717, 1.165) is 28.8 Å². The van der Waals surface area contributed by atoms with Gasteiger partial charge in [0.15, 0.2) is 0 Å². The summed E-state index contributed by atoms with van der Waals surface area (Å²) < 4.78 is 5.05. The third kappa shape index (κ3) is 3.33. The first-order valence-electron chi connectivity index (χ1n) is 6.94. The van der Waals surface area contributed by atoms with Crippen molar-refractivity contribution in [3.63, 3.8) is 0 Å². The van der Waals surface area contributed by atoms with E-state index in [-0.39, 0.29) is 0 Å². The molecule has 0 saturated heterocycles. The maximum Gasteiger partial charge on any atom is 0.134 e. The highest BCUT2D eigenvalue weighted by molar-refractivity contribution is 6.47. The van der Waals surface area contributed by atoms with Crippen molar-refractivity contribution in [1.82, 2.24) is 5.16 Å². The molecule has 0 amide bonds. The lowest BCUT2D eigenvalue weighted by molar-refractivity contribution is 0.210. The van der Waals surface area contributed by atoms with Gasteiger partial charge in [-0.2, -0.15) is 0 Å². The highest BCUT2D eigenvalue weighted by Gasteiger charge is 2.12.